The van der Waals surface area contributed by atoms with Gasteiger partial charge in [0.2, 0.25) is 0 Å². The lowest BCUT2D eigenvalue weighted by molar-refractivity contribution is 0.467. The Bertz CT molecular complexity index is 4090. The Hall–Kier alpha value is -6.80. The first-order chi connectivity index (χ1) is 33.1. The maximum absolute atomic E-state index is 7.77. The van der Waals surface area contributed by atoms with Gasteiger partial charge in [-0.3, -0.25) is 0 Å². The molecule has 0 amide bonds. The molecule has 0 saturated heterocycles. The number of thiophene rings is 2. The second kappa shape index (κ2) is 13.9. The van der Waals surface area contributed by atoms with Crippen LogP contribution in [0.25, 0.3) is 85.2 Å². The second-order valence-electron chi connectivity index (χ2n) is 22.5. The molecule has 7 heteroatoms. The van der Waals surface area contributed by atoms with E-state index in [0.717, 1.165) is 50.9 Å². The standard InChI is InChI=1S/C62H51BN2O2S2/c1-60(2,3)34-22-25-47-41(28-34)42-29-35(61(4,5)6)23-26-48(42)65(47)56-54-40-18-12-15-21-51(40)68-53(54)33-44-58(56)67-50-32-37(64-45-19-13-10-16-38(45)39-17-11-14-20-46(39)64)31-49-55(50)63(44)59-57(66-49)43-30-36(62(7,8)9)24-27-52(43)69-59/h10-33H,1-9H3. The molecule has 4 aromatic heterocycles. The molecular weight excluding hydrogens is 880 g/mol. The number of fused-ring (bicyclic) bond motifs is 15. The molecule has 0 saturated carbocycles. The summed E-state index contributed by atoms with van der Waals surface area (Å²) in [7, 11) is 0. The molecule has 0 unspecified atom stereocenters. The first-order valence-electron chi connectivity index (χ1n) is 24.3. The van der Waals surface area contributed by atoms with Crippen LogP contribution >= 0.6 is 22.7 Å². The topological polar surface area (TPSA) is 28.3 Å². The number of aromatic nitrogens is 2. The average Bonchev–Trinajstić information content (AvgIpc) is 4.07. The lowest BCUT2D eigenvalue weighted by Gasteiger charge is -2.33. The molecule has 12 aromatic rings. The maximum Gasteiger partial charge on any atom is 0.273 e. The summed E-state index contributed by atoms with van der Waals surface area (Å²) >= 11 is 3.74. The van der Waals surface area contributed by atoms with Crippen molar-refractivity contribution in [2.45, 2.75) is 78.6 Å². The molecule has 0 fully saturated rings. The molecule has 0 radical (unpaired) electrons. The summed E-state index contributed by atoms with van der Waals surface area (Å²) in [6.45, 7) is 20.6. The van der Waals surface area contributed by atoms with E-state index in [9.17, 15) is 0 Å². The van der Waals surface area contributed by atoms with Crippen LogP contribution in [0.4, 0.5) is 0 Å². The second-order valence-corrected chi connectivity index (χ2v) is 24.7. The Balaban J connectivity index is 1.13. The zero-order valence-corrected chi connectivity index (χ0v) is 42.1. The highest BCUT2D eigenvalue weighted by atomic mass is 32.1. The predicted octanol–water partition coefficient (Wildman–Crippen LogP) is 16.1. The van der Waals surface area contributed by atoms with Gasteiger partial charge in [-0.05, 0) is 99.1 Å². The van der Waals surface area contributed by atoms with Crippen molar-refractivity contribution in [1.82, 2.24) is 9.13 Å². The minimum absolute atomic E-state index is 0.0236. The minimum Gasteiger partial charge on any atom is -0.457 e. The molecule has 14 rings (SSSR count). The highest BCUT2D eigenvalue weighted by Gasteiger charge is 2.45. The Labute approximate surface area is 410 Å². The van der Waals surface area contributed by atoms with Crippen LogP contribution in [0.1, 0.15) is 79.0 Å². The van der Waals surface area contributed by atoms with Gasteiger partial charge in [0, 0.05) is 74.2 Å². The number of hydrogen-bond acceptors (Lipinski definition) is 4. The van der Waals surface area contributed by atoms with E-state index in [-0.39, 0.29) is 23.0 Å². The van der Waals surface area contributed by atoms with Crippen molar-refractivity contribution in [2.24, 2.45) is 0 Å². The third kappa shape index (κ3) is 5.87. The van der Waals surface area contributed by atoms with Gasteiger partial charge in [0.25, 0.3) is 6.71 Å². The van der Waals surface area contributed by atoms with Crippen LogP contribution in [0.15, 0.2) is 146 Å². The van der Waals surface area contributed by atoms with Crippen LogP contribution in [0.3, 0.4) is 0 Å². The van der Waals surface area contributed by atoms with Crippen molar-refractivity contribution in [2.75, 3.05) is 0 Å². The zero-order chi connectivity index (χ0) is 47.0. The summed E-state index contributed by atoms with van der Waals surface area (Å²) in [5, 5.41) is 8.57. The first kappa shape index (κ1) is 41.2. The fourth-order valence-corrected chi connectivity index (χ4v) is 13.9. The van der Waals surface area contributed by atoms with E-state index in [1.54, 1.807) is 0 Å². The van der Waals surface area contributed by atoms with Gasteiger partial charge in [0.1, 0.15) is 23.0 Å². The Morgan fingerprint density at radius 1 is 0.420 bits per heavy atom. The van der Waals surface area contributed by atoms with Gasteiger partial charge in [-0.15, -0.1) is 22.7 Å². The van der Waals surface area contributed by atoms with E-state index < -0.39 is 0 Å². The van der Waals surface area contributed by atoms with E-state index in [0.29, 0.717) is 0 Å². The van der Waals surface area contributed by atoms with Crippen molar-refractivity contribution in [3.8, 4) is 34.4 Å². The summed E-state index contributed by atoms with van der Waals surface area (Å²) in [4.78, 5) is 0. The SMILES string of the molecule is CC(C)(C)c1ccc2sc3c(c2c1)Oc1cc(-n2c4ccccc4c4ccccc42)cc2c1B3c1cc3sc4ccccc4c3c(-n3c4ccc(C(C)(C)C)cc4c4cc(C(C)(C)C)ccc43)c1O2. The van der Waals surface area contributed by atoms with Crippen molar-refractivity contribution in [3.63, 3.8) is 0 Å². The fraction of sp³-hybridized carbons (Fsp3) is 0.194. The zero-order valence-electron chi connectivity index (χ0n) is 40.5. The largest absolute Gasteiger partial charge is 0.457 e. The van der Waals surface area contributed by atoms with Crippen LogP contribution in [-0.4, -0.2) is 15.8 Å². The van der Waals surface area contributed by atoms with Crippen molar-refractivity contribution in [1.29, 1.82) is 0 Å². The molecule has 6 heterocycles. The van der Waals surface area contributed by atoms with Crippen LogP contribution in [-0.2, 0) is 16.2 Å². The van der Waals surface area contributed by atoms with Crippen LogP contribution < -0.4 is 25.2 Å². The Morgan fingerprint density at radius 2 is 0.913 bits per heavy atom. The van der Waals surface area contributed by atoms with Gasteiger partial charge in [-0.1, -0.05) is 135 Å². The number of rotatable bonds is 2. The minimum atomic E-state index is -0.133. The summed E-state index contributed by atoms with van der Waals surface area (Å²) in [5.41, 5.74) is 12.8. The quantitative estimate of drug-likeness (QED) is 0.162. The third-order valence-electron chi connectivity index (χ3n) is 15.1. The molecule has 336 valence electrons. The molecule has 0 spiro atoms. The van der Waals surface area contributed by atoms with E-state index >= 15 is 0 Å². The van der Waals surface area contributed by atoms with E-state index in [4.69, 9.17) is 9.47 Å². The van der Waals surface area contributed by atoms with Crippen LogP contribution in [0.5, 0.6) is 23.0 Å². The van der Waals surface area contributed by atoms with Gasteiger partial charge in [0.05, 0.1) is 33.4 Å². The molecule has 2 aliphatic rings. The highest BCUT2D eigenvalue weighted by Crippen LogP contribution is 2.50. The summed E-state index contributed by atoms with van der Waals surface area (Å²) < 4.78 is 25.0. The lowest BCUT2D eigenvalue weighted by atomic mass is 9.37. The number of hydrogen-bond donors (Lipinski definition) is 0. The lowest BCUT2D eigenvalue weighted by Crippen LogP contribution is -2.56. The normalized spacial score (nSPS) is 13.8. The molecule has 0 N–H and O–H groups in total. The van der Waals surface area contributed by atoms with E-state index in [1.165, 1.54) is 89.8 Å². The van der Waals surface area contributed by atoms with E-state index in [1.807, 2.05) is 22.7 Å². The first-order valence-corrected chi connectivity index (χ1v) is 25.9. The van der Waals surface area contributed by atoms with Crippen LogP contribution in [0.2, 0.25) is 0 Å². The fourth-order valence-electron chi connectivity index (χ4n) is 11.5. The Kier molecular flexibility index (Phi) is 8.32. The maximum atomic E-state index is 7.77. The monoisotopic (exact) mass is 930 g/mol. The molecule has 4 nitrogen and oxygen atoms in total. The molecule has 0 atom stereocenters. The average molecular weight is 931 g/mol. The Morgan fingerprint density at radius 3 is 1.51 bits per heavy atom. The highest BCUT2D eigenvalue weighted by molar-refractivity contribution is 7.33. The number of para-hydroxylation sites is 2. The van der Waals surface area contributed by atoms with Crippen molar-refractivity contribution >= 4 is 119 Å². The molecule has 0 bridgehead atoms. The van der Waals surface area contributed by atoms with Gasteiger partial charge in [-0.2, -0.15) is 0 Å². The number of benzene rings is 8. The third-order valence-corrected chi connectivity index (χ3v) is 17.4. The smallest absolute Gasteiger partial charge is 0.273 e. The van der Waals surface area contributed by atoms with Crippen molar-refractivity contribution in [3.05, 3.63) is 162 Å². The molecule has 8 aromatic carbocycles. The van der Waals surface area contributed by atoms with Crippen LogP contribution in [0, 0.1) is 0 Å². The van der Waals surface area contributed by atoms with Gasteiger partial charge < -0.3 is 18.6 Å². The summed E-state index contributed by atoms with van der Waals surface area (Å²) in [6.07, 6.45) is 0. The molecule has 0 aliphatic carbocycles. The van der Waals surface area contributed by atoms with Gasteiger partial charge >= 0.3 is 0 Å². The summed E-state index contributed by atoms with van der Waals surface area (Å²) in [6, 6.07) is 54.7. The predicted molar refractivity (Wildman–Crippen MR) is 297 cm³/mol. The molecule has 69 heavy (non-hydrogen) atoms. The molecule has 2 aliphatic heterocycles. The van der Waals surface area contributed by atoms with E-state index in [2.05, 4.69) is 217 Å². The molecular formula is C62H51BN2O2S2. The van der Waals surface area contributed by atoms with Crippen molar-refractivity contribution < 1.29 is 9.47 Å². The number of ether oxygens (including phenoxy) is 2. The van der Waals surface area contributed by atoms with Gasteiger partial charge in [0.15, 0.2) is 0 Å². The number of nitrogens with zero attached hydrogens (tertiary/aromatic N) is 2. The summed E-state index contributed by atoms with van der Waals surface area (Å²) in [5.74, 6) is 3.52. The van der Waals surface area contributed by atoms with Gasteiger partial charge in [-0.25, -0.2) is 0 Å².